The molecule has 0 radical (unpaired) electrons. The molecule has 1 atom stereocenters. The molecule has 0 spiro atoms. The van der Waals surface area contributed by atoms with Crippen LogP contribution in [0.4, 0.5) is 0 Å². The van der Waals surface area contributed by atoms with Gasteiger partial charge in [0.1, 0.15) is 5.60 Å². The molecular weight excluding hydrogens is 208 g/mol. The molecule has 1 unspecified atom stereocenters. The van der Waals surface area contributed by atoms with E-state index >= 15 is 0 Å². The maximum atomic E-state index is 5.76. The maximum Gasteiger partial charge on any atom is 0.142 e. The minimum absolute atomic E-state index is 0.244. The van der Waals surface area contributed by atoms with Crippen molar-refractivity contribution in [1.82, 2.24) is 0 Å². The molecule has 2 aromatic carbocycles. The summed E-state index contributed by atoms with van der Waals surface area (Å²) in [5.74, 6) is 0. The summed E-state index contributed by atoms with van der Waals surface area (Å²) < 4.78 is 5.76. The fourth-order valence-electron chi connectivity index (χ4n) is 2.30. The van der Waals surface area contributed by atoms with E-state index in [9.17, 15) is 0 Å². The molecule has 1 nitrogen and oxygen atoms in total. The first-order valence-electron chi connectivity index (χ1n) is 5.78. The van der Waals surface area contributed by atoms with E-state index in [1.165, 1.54) is 11.1 Å². The predicted octanol–water partition coefficient (Wildman–Crippen LogP) is 3.60. The van der Waals surface area contributed by atoms with Crippen LogP contribution in [-0.2, 0) is 10.3 Å². The Hall–Kier alpha value is -1.86. The predicted molar refractivity (Wildman–Crippen MR) is 69.7 cm³/mol. The van der Waals surface area contributed by atoms with Crippen LogP contribution >= 0.6 is 0 Å². The van der Waals surface area contributed by atoms with E-state index in [1.807, 2.05) is 18.2 Å². The quantitative estimate of drug-likeness (QED) is 0.723. The minimum Gasteiger partial charge on any atom is -0.359 e. The van der Waals surface area contributed by atoms with Gasteiger partial charge in [0.25, 0.3) is 0 Å². The van der Waals surface area contributed by atoms with Crippen molar-refractivity contribution >= 4 is 6.08 Å². The van der Waals surface area contributed by atoms with Crippen molar-refractivity contribution in [3.63, 3.8) is 0 Å². The zero-order valence-corrected chi connectivity index (χ0v) is 9.60. The van der Waals surface area contributed by atoms with Gasteiger partial charge in [-0.15, -0.1) is 0 Å². The van der Waals surface area contributed by atoms with Gasteiger partial charge in [-0.25, -0.2) is 0 Å². The Kier molecular flexibility index (Phi) is 2.34. The summed E-state index contributed by atoms with van der Waals surface area (Å²) in [5.41, 5.74) is 3.33. The van der Waals surface area contributed by atoms with Crippen LogP contribution < -0.4 is 0 Å². The Morgan fingerprint density at radius 1 is 1.00 bits per heavy atom. The molecule has 1 aliphatic heterocycles. The highest BCUT2D eigenvalue weighted by atomic mass is 16.6. The van der Waals surface area contributed by atoms with Crippen molar-refractivity contribution in [3.05, 3.63) is 77.9 Å². The lowest BCUT2D eigenvalue weighted by Gasteiger charge is -2.15. The van der Waals surface area contributed by atoms with Crippen molar-refractivity contribution in [2.24, 2.45) is 0 Å². The molecule has 1 fully saturated rings. The standard InChI is InChI=1S/C16H14O/c1-2-13-8-6-7-11-15(13)16(12-17-16)14-9-4-3-5-10-14/h2-11H,1,12H2. The van der Waals surface area contributed by atoms with Crippen LogP contribution in [0.3, 0.4) is 0 Å². The average Bonchev–Trinajstić information content (AvgIpc) is 3.21. The molecule has 84 valence electrons. The summed E-state index contributed by atoms with van der Waals surface area (Å²) in [6.07, 6.45) is 1.89. The Labute approximate surface area is 101 Å². The molecule has 0 aliphatic carbocycles. The second-order valence-corrected chi connectivity index (χ2v) is 4.27. The number of benzene rings is 2. The van der Waals surface area contributed by atoms with E-state index in [0.29, 0.717) is 0 Å². The third kappa shape index (κ3) is 1.60. The second kappa shape index (κ2) is 3.86. The lowest BCUT2D eigenvalue weighted by Crippen LogP contribution is -2.12. The molecule has 0 amide bonds. The average molecular weight is 222 g/mol. The van der Waals surface area contributed by atoms with Gasteiger partial charge in [0.2, 0.25) is 0 Å². The fraction of sp³-hybridized carbons (Fsp3) is 0.125. The number of hydrogen-bond donors (Lipinski definition) is 0. The van der Waals surface area contributed by atoms with E-state index in [-0.39, 0.29) is 5.60 Å². The van der Waals surface area contributed by atoms with Crippen LogP contribution in [0.2, 0.25) is 0 Å². The maximum absolute atomic E-state index is 5.76. The van der Waals surface area contributed by atoms with Gasteiger partial charge in [-0.2, -0.15) is 0 Å². The van der Waals surface area contributed by atoms with Gasteiger partial charge in [0.15, 0.2) is 0 Å². The highest BCUT2D eigenvalue weighted by molar-refractivity contribution is 5.57. The molecule has 0 aromatic heterocycles. The second-order valence-electron chi connectivity index (χ2n) is 4.27. The van der Waals surface area contributed by atoms with E-state index in [1.54, 1.807) is 0 Å². The lowest BCUT2D eigenvalue weighted by molar-refractivity contribution is 0.349. The topological polar surface area (TPSA) is 12.5 Å². The largest absolute Gasteiger partial charge is 0.359 e. The van der Waals surface area contributed by atoms with Crippen molar-refractivity contribution in [2.45, 2.75) is 5.60 Å². The molecule has 1 saturated heterocycles. The molecule has 0 N–H and O–H groups in total. The van der Waals surface area contributed by atoms with Crippen LogP contribution in [0.15, 0.2) is 61.2 Å². The third-order valence-electron chi connectivity index (χ3n) is 3.29. The van der Waals surface area contributed by atoms with Gasteiger partial charge in [-0.05, 0) is 16.7 Å². The van der Waals surface area contributed by atoms with Crippen molar-refractivity contribution in [1.29, 1.82) is 0 Å². The van der Waals surface area contributed by atoms with Crippen LogP contribution in [0, 0.1) is 0 Å². The Bertz CT molecular complexity index is 538. The van der Waals surface area contributed by atoms with Gasteiger partial charge in [-0.1, -0.05) is 67.3 Å². The number of ether oxygens (including phenoxy) is 1. The molecule has 1 heteroatoms. The van der Waals surface area contributed by atoms with Gasteiger partial charge >= 0.3 is 0 Å². The molecular formula is C16H14O. The molecule has 1 heterocycles. The summed E-state index contributed by atoms with van der Waals surface area (Å²) >= 11 is 0. The summed E-state index contributed by atoms with van der Waals surface area (Å²) in [7, 11) is 0. The Morgan fingerprint density at radius 3 is 2.29 bits per heavy atom. The summed E-state index contributed by atoms with van der Waals surface area (Å²) in [4.78, 5) is 0. The third-order valence-corrected chi connectivity index (χ3v) is 3.29. The monoisotopic (exact) mass is 222 g/mol. The molecule has 3 rings (SSSR count). The number of rotatable bonds is 3. The van der Waals surface area contributed by atoms with Gasteiger partial charge < -0.3 is 4.74 Å². The van der Waals surface area contributed by atoms with E-state index in [0.717, 1.165) is 12.2 Å². The number of hydrogen-bond acceptors (Lipinski definition) is 1. The SMILES string of the molecule is C=Cc1ccccc1C1(c2ccccc2)CO1. The first-order chi connectivity index (χ1) is 8.37. The smallest absolute Gasteiger partial charge is 0.142 e. The van der Waals surface area contributed by atoms with Crippen molar-refractivity contribution in [2.75, 3.05) is 6.61 Å². The summed E-state index contributed by atoms with van der Waals surface area (Å²) in [6.45, 7) is 4.62. The fourth-order valence-corrected chi connectivity index (χ4v) is 2.30. The van der Waals surface area contributed by atoms with Gasteiger partial charge in [0, 0.05) is 0 Å². The Morgan fingerprint density at radius 2 is 1.65 bits per heavy atom. The minimum atomic E-state index is -0.244. The number of epoxide rings is 1. The van der Waals surface area contributed by atoms with Crippen molar-refractivity contribution < 1.29 is 4.74 Å². The molecule has 0 saturated carbocycles. The first kappa shape index (κ1) is 10.3. The van der Waals surface area contributed by atoms with E-state index < -0.39 is 0 Å². The molecule has 2 aromatic rings. The van der Waals surface area contributed by atoms with Crippen molar-refractivity contribution in [3.8, 4) is 0 Å². The lowest BCUT2D eigenvalue weighted by atomic mass is 9.88. The molecule has 17 heavy (non-hydrogen) atoms. The van der Waals surface area contributed by atoms with Gasteiger partial charge in [0.05, 0.1) is 6.61 Å². The Balaban J connectivity index is 2.13. The van der Waals surface area contributed by atoms with E-state index in [4.69, 9.17) is 4.74 Å². The van der Waals surface area contributed by atoms with E-state index in [2.05, 4.69) is 49.0 Å². The first-order valence-corrected chi connectivity index (χ1v) is 5.78. The normalized spacial score (nSPS) is 22.1. The van der Waals surface area contributed by atoms with Crippen LogP contribution in [0.1, 0.15) is 16.7 Å². The zero-order chi connectivity index (χ0) is 11.7. The molecule has 1 aliphatic rings. The summed E-state index contributed by atoms with van der Waals surface area (Å²) in [6, 6.07) is 18.6. The van der Waals surface area contributed by atoms with Crippen LogP contribution in [0.5, 0.6) is 0 Å². The van der Waals surface area contributed by atoms with Gasteiger partial charge in [-0.3, -0.25) is 0 Å². The highest BCUT2D eigenvalue weighted by Crippen LogP contribution is 2.46. The zero-order valence-electron chi connectivity index (χ0n) is 9.60. The van der Waals surface area contributed by atoms with Crippen LogP contribution in [0.25, 0.3) is 6.08 Å². The highest BCUT2D eigenvalue weighted by Gasteiger charge is 2.48. The molecule has 0 bridgehead atoms. The van der Waals surface area contributed by atoms with Crippen LogP contribution in [-0.4, -0.2) is 6.61 Å². The summed E-state index contributed by atoms with van der Waals surface area (Å²) in [5, 5.41) is 0.